The number of fused-ring (bicyclic) bond motifs is 3. The van der Waals surface area contributed by atoms with Crippen molar-refractivity contribution in [2.24, 2.45) is 5.92 Å². The molecule has 5 aromatic rings. The largest absolute Gasteiger partial charge is 0.490 e. The zero-order valence-corrected chi connectivity index (χ0v) is 37.8. The van der Waals surface area contributed by atoms with Crippen LogP contribution >= 0.6 is 11.3 Å². The molecular formula is C46H50F6N8O6S. The molecule has 21 heteroatoms. The lowest BCUT2D eigenvalue weighted by Gasteiger charge is -2.31. The minimum atomic E-state index is -5.44. The highest BCUT2D eigenvalue weighted by Gasteiger charge is 2.50. The SMILES string of the molecule is CC(C)(C)OC(=O)Nc1sc2c(F)ccc(-c3c(C(F)(F)F)c(OCCO)c4c(N[C@H](CCC5CCOCC5)c5cccnc5N)nc(OC[C@@]56CCCN5C[C@H](F)C6)nc4c3F)c2c1C#N. The van der Waals surface area contributed by atoms with Crippen molar-refractivity contribution in [2.75, 3.05) is 62.5 Å². The van der Waals surface area contributed by atoms with Crippen molar-refractivity contribution in [1.29, 1.82) is 5.26 Å². The number of amides is 1. The lowest BCUT2D eigenvalue weighted by Crippen LogP contribution is -2.43. The van der Waals surface area contributed by atoms with Crippen LogP contribution in [0.1, 0.15) is 88.4 Å². The molecule has 3 aliphatic heterocycles. The lowest BCUT2D eigenvalue weighted by molar-refractivity contribution is -0.138. The first-order valence-electron chi connectivity index (χ1n) is 22.0. The van der Waals surface area contributed by atoms with Gasteiger partial charge in [-0.1, -0.05) is 12.1 Å². The van der Waals surface area contributed by atoms with Gasteiger partial charge in [0.1, 0.15) is 70.3 Å². The van der Waals surface area contributed by atoms with Gasteiger partial charge in [0, 0.05) is 48.9 Å². The molecule has 0 aliphatic carbocycles. The van der Waals surface area contributed by atoms with E-state index in [1.807, 2.05) is 11.0 Å². The second-order valence-corrected chi connectivity index (χ2v) is 19.1. The summed E-state index contributed by atoms with van der Waals surface area (Å²) in [5.41, 5.74) is 0.524. The van der Waals surface area contributed by atoms with Crippen LogP contribution < -0.4 is 25.8 Å². The van der Waals surface area contributed by atoms with E-state index in [4.69, 9.17) is 24.7 Å². The standard InChI is InChI=1S/C46H50F6N8O6S/c1-44(2,3)66-43(62)59-41-28(21-53)31-27(8-9-29(48)38(31)67-41)32-34(46(50,51)52)37(64-19-16-61)33-36(35(32)49)57-42(65-23-45-13-5-15-60(45)22-25(47)20-45)58-40(33)56-30(26-6-4-14-55-39(26)54)10-7-24-11-17-63-18-12-24/h4,6,8-9,14,24-25,30,61H,5,7,10-13,15-20,22-23H2,1-3H3,(H2,54,55)(H,59,62)(H,56,57,58)/t25-,30-,45+/m1/s1. The van der Waals surface area contributed by atoms with Crippen molar-refractivity contribution in [3.05, 3.63) is 58.8 Å². The number of rotatable bonds is 14. The van der Waals surface area contributed by atoms with Crippen LogP contribution in [0, 0.1) is 28.9 Å². The number of carbonyl (C=O) groups excluding carboxylic acids is 1. The van der Waals surface area contributed by atoms with Crippen LogP contribution in [0.3, 0.4) is 0 Å². The van der Waals surface area contributed by atoms with Crippen LogP contribution in [0.2, 0.25) is 0 Å². The Morgan fingerprint density at radius 1 is 1.15 bits per heavy atom. The van der Waals surface area contributed by atoms with Crippen molar-refractivity contribution in [2.45, 2.75) is 95.2 Å². The van der Waals surface area contributed by atoms with Gasteiger partial charge in [-0.25, -0.2) is 22.9 Å². The molecule has 3 aliphatic rings. The van der Waals surface area contributed by atoms with Crippen LogP contribution in [-0.4, -0.2) is 94.5 Å². The number of nitrogens with two attached hydrogens (primary N) is 1. The number of aliphatic hydroxyl groups is 1. The van der Waals surface area contributed by atoms with E-state index in [1.165, 1.54) is 6.20 Å². The molecule has 0 unspecified atom stereocenters. The van der Waals surface area contributed by atoms with Gasteiger partial charge >= 0.3 is 18.3 Å². The fraction of sp³-hybridized carbons (Fsp3) is 0.500. The molecular weight excluding hydrogens is 907 g/mol. The Morgan fingerprint density at radius 2 is 1.93 bits per heavy atom. The van der Waals surface area contributed by atoms with Gasteiger partial charge in [-0.15, -0.1) is 11.3 Å². The molecule has 3 fully saturated rings. The number of hydrogen-bond donors (Lipinski definition) is 4. The first kappa shape index (κ1) is 47.8. The molecule has 5 N–H and O–H groups in total. The molecule has 67 heavy (non-hydrogen) atoms. The number of aromatic nitrogens is 3. The number of nitrogens with zero attached hydrogens (tertiary/aromatic N) is 5. The minimum Gasteiger partial charge on any atom is -0.490 e. The fourth-order valence-corrected chi connectivity index (χ4v) is 10.6. The molecule has 8 rings (SSSR count). The molecule has 0 radical (unpaired) electrons. The number of nitriles is 1. The number of anilines is 3. The van der Waals surface area contributed by atoms with Crippen LogP contribution in [0.4, 0.5) is 47.8 Å². The Bertz CT molecular complexity index is 2700. The molecule has 0 saturated carbocycles. The summed E-state index contributed by atoms with van der Waals surface area (Å²) in [6, 6.07) is 5.67. The number of hydrogen-bond acceptors (Lipinski definition) is 14. The third-order valence-electron chi connectivity index (χ3n) is 12.4. The summed E-state index contributed by atoms with van der Waals surface area (Å²) in [6.45, 7) is 5.07. The molecule has 2 aromatic carbocycles. The number of thiophene rings is 1. The van der Waals surface area contributed by atoms with Gasteiger partial charge in [0.05, 0.1) is 33.8 Å². The number of halogens is 6. The molecule has 3 saturated heterocycles. The summed E-state index contributed by atoms with van der Waals surface area (Å²) in [4.78, 5) is 28.1. The van der Waals surface area contributed by atoms with Crippen LogP contribution in [0.5, 0.6) is 11.8 Å². The number of alkyl halides is 4. The van der Waals surface area contributed by atoms with Crippen molar-refractivity contribution in [1.82, 2.24) is 19.9 Å². The monoisotopic (exact) mass is 956 g/mol. The summed E-state index contributed by atoms with van der Waals surface area (Å²) in [5.74, 6) is -3.52. The maximum absolute atomic E-state index is 18.1. The van der Waals surface area contributed by atoms with Gasteiger partial charge in [-0.3, -0.25) is 10.2 Å². The van der Waals surface area contributed by atoms with Gasteiger partial charge < -0.3 is 35.1 Å². The van der Waals surface area contributed by atoms with Gasteiger partial charge in [0.2, 0.25) is 0 Å². The van der Waals surface area contributed by atoms with Crippen molar-refractivity contribution in [3.8, 4) is 29.0 Å². The van der Waals surface area contributed by atoms with E-state index in [0.29, 0.717) is 55.9 Å². The molecule has 6 heterocycles. The van der Waals surface area contributed by atoms with Crippen molar-refractivity contribution >= 4 is 55.1 Å². The number of nitrogen functional groups attached to an aromatic ring is 1. The van der Waals surface area contributed by atoms with Crippen LogP contribution in [0.25, 0.3) is 32.1 Å². The van der Waals surface area contributed by atoms with E-state index in [2.05, 4.69) is 25.6 Å². The molecule has 358 valence electrons. The Labute approximate surface area is 385 Å². The predicted octanol–water partition coefficient (Wildman–Crippen LogP) is 9.69. The maximum atomic E-state index is 18.1. The number of nitrogens with one attached hydrogen (secondary N) is 2. The molecule has 0 spiro atoms. The van der Waals surface area contributed by atoms with Gasteiger partial charge in [-0.2, -0.15) is 28.4 Å². The van der Waals surface area contributed by atoms with E-state index in [-0.39, 0.29) is 46.8 Å². The average molecular weight is 957 g/mol. The Morgan fingerprint density at radius 3 is 2.63 bits per heavy atom. The topological polar surface area (TPSA) is 190 Å². The van der Waals surface area contributed by atoms with E-state index in [1.54, 1.807) is 32.9 Å². The third kappa shape index (κ3) is 9.85. The fourth-order valence-electron chi connectivity index (χ4n) is 9.52. The van der Waals surface area contributed by atoms with Crippen molar-refractivity contribution < 1.29 is 55.2 Å². The first-order chi connectivity index (χ1) is 31.9. The second kappa shape index (κ2) is 19.1. The van der Waals surface area contributed by atoms with Crippen LogP contribution in [0.15, 0.2) is 30.5 Å². The second-order valence-electron chi connectivity index (χ2n) is 18.1. The van der Waals surface area contributed by atoms with E-state index in [0.717, 1.165) is 31.4 Å². The van der Waals surface area contributed by atoms with Gasteiger partial charge in [0.15, 0.2) is 5.82 Å². The number of carbonyl (C=O) groups is 1. The predicted molar refractivity (Wildman–Crippen MR) is 239 cm³/mol. The summed E-state index contributed by atoms with van der Waals surface area (Å²) in [7, 11) is 0. The summed E-state index contributed by atoms with van der Waals surface area (Å²) in [6.07, 6.45) is -2.08. The Kier molecular flexibility index (Phi) is 13.6. The number of aliphatic hydroxyl groups excluding tert-OH is 1. The van der Waals surface area contributed by atoms with E-state index in [9.17, 15) is 19.6 Å². The average Bonchev–Trinajstić information content (AvgIpc) is 3.93. The molecule has 0 bridgehead atoms. The highest BCUT2D eigenvalue weighted by atomic mass is 32.1. The number of benzene rings is 2. The normalized spacial score (nSPS) is 19.6. The summed E-state index contributed by atoms with van der Waals surface area (Å²) >= 11 is 0.544. The van der Waals surface area contributed by atoms with Crippen molar-refractivity contribution in [3.63, 3.8) is 0 Å². The highest BCUT2D eigenvalue weighted by Crippen LogP contribution is 2.53. The molecule has 3 atom stereocenters. The zero-order valence-electron chi connectivity index (χ0n) is 37.0. The van der Waals surface area contributed by atoms with Gasteiger partial charge in [-0.05, 0) is 89.5 Å². The number of ether oxygens (including phenoxy) is 4. The van der Waals surface area contributed by atoms with E-state index >= 15 is 22.0 Å². The third-order valence-corrected chi connectivity index (χ3v) is 13.5. The first-order valence-corrected chi connectivity index (χ1v) is 22.8. The van der Waals surface area contributed by atoms with Gasteiger partial charge in [0.25, 0.3) is 0 Å². The highest BCUT2D eigenvalue weighted by molar-refractivity contribution is 7.23. The molecule has 3 aromatic heterocycles. The van der Waals surface area contributed by atoms with Crippen LogP contribution in [-0.2, 0) is 15.7 Å². The Balaban J connectivity index is 1.38. The Hall–Kier alpha value is -5.69. The molecule has 14 nitrogen and oxygen atoms in total. The molecule has 1 amide bonds. The zero-order chi connectivity index (χ0) is 47.8. The lowest BCUT2D eigenvalue weighted by atomic mass is 9.90. The smallest absolute Gasteiger partial charge is 0.420 e. The maximum Gasteiger partial charge on any atom is 0.420 e. The quantitative estimate of drug-likeness (QED) is 0.0771. The summed E-state index contributed by atoms with van der Waals surface area (Å²) < 4.78 is 119. The van der Waals surface area contributed by atoms with E-state index < -0.39 is 111 Å². The summed E-state index contributed by atoms with van der Waals surface area (Å²) in [5, 5.41) is 24.8. The minimum absolute atomic E-state index is 0.121. The number of pyridine rings is 1.